The number of Topliss-reactive ketones (excluding diaryl/α,β-unsaturated/α-hetero) is 1. The van der Waals surface area contributed by atoms with Crippen LogP contribution in [0.1, 0.15) is 32.9 Å². The molecular weight excluding hydrogens is 507 g/mol. The zero-order valence-corrected chi connectivity index (χ0v) is 20.4. The Labute approximate surface area is 214 Å². The van der Waals surface area contributed by atoms with E-state index in [2.05, 4.69) is 4.98 Å². The van der Waals surface area contributed by atoms with E-state index in [1.54, 1.807) is 48.7 Å². The Balaban J connectivity index is 1.57. The minimum absolute atomic E-state index is 0.219. The number of alkyl halides is 3. The van der Waals surface area contributed by atoms with Gasteiger partial charge in [-0.25, -0.2) is 4.79 Å². The minimum Gasteiger partial charge on any atom is -0.453 e. The molecule has 0 aliphatic carbocycles. The van der Waals surface area contributed by atoms with Gasteiger partial charge < -0.3 is 14.3 Å². The van der Waals surface area contributed by atoms with E-state index in [1.165, 1.54) is 18.3 Å². The second kappa shape index (κ2) is 9.99. The Bertz CT molecular complexity index is 1610. The van der Waals surface area contributed by atoms with E-state index >= 15 is 0 Å². The number of nitriles is 1. The highest BCUT2D eigenvalue weighted by Gasteiger charge is 2.33. The summed E-state index contributed by atoms with van der Waals surface area (Å²) in [6, 6.07) is 14.1. The van der Waals surface area contributed by atoms with Crippen LogP contribution in [-0.4, -0.2) is 27.9 Å². The summed E-state index contributed by atoms with van der Waals surface area (Å²) in [6.45, 7) is 2.75. The van der Waals surface area contributed by atoms with Gasteiger partial charge in [0.05, 0.1) is 10.6 Å². The van der Waals surface area contributed by atoms with E-state index in [4.69, 9.17) is 16.3 Å². The van der Waals surface area contributed by atoms with Gasteiger partial charge in [0.1, 0.15) is 11.6 Å². The van der Waals surface area contributed by atoms with Crippen LogP contribution in [0.25, 0.3) is 22.7 Å². The Hall–Kier alpha value is -4.29. The summed E-state index contributed by atoms with van der Waals surface area (Å²) in [5, 5.41) is 9.80. The van der Waals surface area contributed by atoms with E-state index in [1.807, 2.05) is 6.07 Å². The maximum atomic E-state index is 13.3. The van der Waals surface area contributed by atoms with Crippen molar-refractivity contribution in [3.8, 4) is 11.8 Å². The van der Waals surface area contributed by atoms with Crippen LogP contribution in [0, 0.1) is 25.2 Å². The zero-order valence-electron chi connectivity index (χ0n) is 19.6. The molecule has 0 saturated carbocycles. The fraction of sp³-hybridized carbons (Fsp3) is 0.148. The van der Waals surface area contributed by atoms with Crippen molar-refractivity contribution in [1.82, 2.24) is 9.55 Å². The fourth-order valence-corrected chi connectivity index (χ4v) is 4.31. The maximum absolute atomic E-state index is 13.3. The molecule has 0 unspecified atom stereocenters. The maximum Gasteiger partial charge on any atom is 0.417 e. The normalized spacial score (nSPS) is 12.0. The number of nitrogens with zero attached hydrogens (tertiary/aromatic N) is 2. The highest BCUT2D eigenvalue weighted by Crippen LogP contribution is 2.36. The van der Waals surface area contributed by atoms with Crippen LogP contribution in [0.5, 0.6) is 0 Å². The van der Waals surface area contributed by atoms with Crippen LogP contribution in [0.2, 0.25) is 5.02 Å². The molecule has 2 aromatic carbocycles. The summed E-state index contributed by atoms with van der Waals surface area (Å²) in [4.78, 5) is 28.1. The average molecular weight is 526 g/mol. The first-order valence-electron chi connectivity index (χ1n) is 11.0. The molecule has 0 aliphatic rings. The minimum atomic E-state index is -4.63. The van der Waals surface area contributed by atoms with E-state index in [9.17, 15) is 28.0 Å². The molecule has 4 aromatic rings. The number of ether oxygens (including phenoxy) is 1. The second-order valence-corrected chi connectivity index (χ2v) is 8.65. The van der Waals surface area contributed by atoms with Gasteiger partial charge in [0, 0.05) is 39.7 Å². The number of rotatable bonds is 6. The Morgan fingerprint density at radius 2 is 1.89 bits per heavy atom. The van der Waals surface area contributed by atoms with Gasteiger partial charge in [-0.3, -0.25) is 4.79 Å². The first-order valence-corrected chi connectivity index (χ1v) is 11.3. The number of halogens is 4. The van der Waals surface area contributed by atoms with E-state index < -0.39 is 35.1 Å². The lowest BCUT2D eigenvalue weighted by atomic mass is 10.1. The predicted octanol–water partition coefficient (Wildman–Crippen LogP) is 6.58. The van der Waals surface area contributed by atoms with Gasteiger partial charge in [-0.05, 0) is 55.8 Å². The summed E-state index contributed by atoms with van der Waals surface area (Å²) in [7, 11) is 0. The number of hydrogen-bond donors (Lipinski definition) is 1. The van der Waals surface area contributed by atoms with Crippen molar-refractivity contribution in [3.05, 3.63) is 93.4 Å². The number of fused-ring (bicyclic) bond motifs is 1. The molecular formula is C27H19ClF3N3O3. The molecule has 188 valence electrons. The van der Waals surface area contributed by atoms with E-state index in [0.29, 0.717) is 27.9 Å². The van der Waals surface area contributed by atoms with Gasteiger partial charge >= 0.3 is 12.1 Å². The number of nitrogens with one attached hydrogen (secondary N) is 1. The lowest BCUT2D eigenvalue weighted by Gasteiger charge is -2.14. The Morgan fingerprint density at radius 3 is 2.59 bits per heavy atom. The summed E-state index contributed by atoms with van der Waals surface area (Å²) in [5.41, 5.74) is 1.48. The third-order valence-electron chi connectivity index (χ3n) is 5.85. The fourth-order valence-electron chi connectivity index (χ4n) is 4.08. The molecule has 37 heavy (non-hydrogen) atoms. The predicted molar refractivity (Wildman–Crippen MR) is 132 cm³/mol. The summed E-state index contributed by atoms with van der Waals surface area (Å²) < 4.78 is 46.7. The quantitative estimate of drug-likeness (QED) is 0.133. The van der Waals surface area contributed by atoms with Gasteiger partial charge in [0.15, 0.2) is 6.61 Å². The molecule has 0 fully saturated rings. The molecule has 0 radical (unpaired) electrons. The number of carbonyl (C=O) groups is 2. The number of aryl methyl sites for hydroxylation is 1. The van der Waals surface area contributed by atoms with E-state index in [0.717, 1.165) is 17.6 Å². The molecule has 1 N–H and O–H groups in total. The SMILES string of the molecule is Cc1cc(/C=C(/C#N)C(=O)OCC(=O)c2c[nH]c3ccccc23)c(C)n1-c1ccc(Cl)c(C(F)(F)F)c1. The van der Waals surface area contributed by atoms with Gasteiger partial charge in [0.25, 0.3) is 0 Å². The van der Waals surface area contributed by atoms with Crippen LogP contribution < -0.4 is 0 Å². The molecule has 0 aliphatic heterocycles. The molecule has 0 atom stereocenters. The molecule has 0 amide bonds. The number of benzene rings is 2. The molecule has 0 saturated heterocycles. The lowest BCUT2D eigenvalue weighted by Crippen LogP contribution is -2.15. The lowest BCUT2D eigenvalue weighted by molar-refractivity contribution is -0.138. The molecule has 0 spiro atoms. The van der Waals surface area contributed by atoms with Crippen LogP contribution >= 0.6 is 11.6 Å². The number of H-pyrrole nitrogens is 1. The second-order valence-electron chi connectivity index (χ2n) is 8.24. The standard InChI is InChI=1S/C27H19ClF3N3O3/c1-15-9-17(16(2)34(15)19-7-8-23(28)22(11-19)27(29,30)31)10-18(12-32)26(36)37-14-25(35)21-13-33-24-6-4-3-5-20(21)24/h3-11,13,33H,14H2,1-2H3/b18-10-. The van der Waals surface area contributed by atoms with Crippen molar-refractivity contribution < 1.29 is 27.5 Å². The molecule has 0 bridgehead atoms. The number of aromatic amines is 1. The van der Waals surface area contributed by atoms with Gasteiger partial charge in [-0.2, -0.15) is 18.4 Å². The zero-order chi connectivity index (χ0) is 26.9. The number of para-hydroxylation sites is 1. The number of carbonyl (C=O) groups excluding carboxylic acids is 2. The van der Waals surface area contributed by atoms with Gasteiger partial charge in [0.2, 0.25) is 5.78 Å². The largest absolute Gasteiger partial charge is 0.453 e. The van der Waals surface area contributed by atoms with Gasteiger partial charge in [-0.15, -0.1) is 0 Å². The number of aromatic nitrogens is 2. The first kappa shape index (κ1) is 25.8. The molecule has 4 rings (SSSR count). The topological polar surface area (TPSA) is 87.9 Å². The van der Waals surface area contributed by atoms with Crippen molar-refractivity contribution in [2.75, 3.05) is 6.61 Å². The summed E-state index contributed by atoms with van der Waals surface area (Å²) >= 11 is 5.74. The Kier molecular flexibility index (Phi) is 6.96. The van der Waals surface area contributed by atoms with E-state index in [-0.39, 0.29) is 11.3 Å². The monoisotopic (exact) mass is 525 g/mol. The summed E-state index contributed by atoms with van der Waals surface area (Å²) in [5.74, 6) is -1.43. The summed E-state index contributed by atoms with van der Waals surface area (Å²) in [6.07, 6.45) is -1.83. The molecule has 2 aromatic heterocycles. The third kappa shape index (κ3) is 5.15. The molecule has 2 heterocycles. The van der Waals surface area contributed by atoms with Crippen LogP contribution in [0.15, 0.2) is 60.3 Å². The number of hydrogen-bond acceptors (Lipinski definition) is 4. The highest BCUT2D eigenvalue weighted by molar-refractivity contribution is 6.31. The third-order valence-corrected chi connectivity index (χ3v) is 6.18. The van der Waals surface area contributed by atoms with Crippen molar-refractivity contribution in [2.45, 2.75) is 20.0 Å². The van der Waals surface area contributed by atoms with Crippen molar-refractivity contribution >= 4 is 40.3 Å². The number of esters is 1. The molecule has 10 heteroatoms. The average Bonchev–Trinajstić information content (AvgIpc) is 3.41. The van der Waals surface area contributed by atoms with Gasteiger partial charge in [-0.1, -0.05) is 29.8 Å². The van der Waals surface area contributed by atoms with Crippen molar-refractivity contribution in [1.29, 1.82) is 5.26 Å². The Morgan fingerprint density at radius 1 is 1.16 bits per heavy atom. The van der Waals surface area contributed by atoms with Crippen LogP contribution in [0.4, 0.5) is 13.2 Å². The van der Waals surface area contributed by atoms with Crippen molar-refractivity contribution in [3.63, 3.8) is 0 Å². The molecule has 6 nitrogen and oxygen atoms in total. The smallest absolute Gasteiger partial charge is 0.417 e. The van der Waals surface area contributed by atoms with Crippen molar-refractivity contribution in [2.24, 2.45) is 0 Å². The van der Waals surface area contributed by atoms with Crippen LogP contribution in [-0.2, 0) is 15.7 Å². The number of ketones is 1. The first-order chi connectivity index (χ1) is 17.5. The highest BCUT2D eigenvalue weighted by atomic mass is 35.5. The van der Waals surface area contributed by atoms with Crippen LogP contribution in [0.3, 0.4) is 0 Å².